The summed E-state index contributed by atoms with van der Waals surface area (Å²) < 4.78 is 0. The fourth-order valence-electron chi connectivity index (χ4n) is 4.04. The van der Waals surface area contributed by atoms with E-state index in [9.17, 15) is 4.79 Å². The van der Waals surface area contributed by atoms with Gasteiger partial charge in [-0.15, -0.1) is 24.0 Å². The number of aliphatic imine (C=N–C) groups is 1. The molecule has 1 N–H and O–H groups in total. The zero-order valence-electron chi connectivity index (χ0n) is 16.5. The number of halogens is 1. The van der Waals surface area contributed by atoms with Gasteiger partial charge in [-0.05, 0) is 38.5 Å². The third kappa shape index (κ3) is 5.97. The zero-order chi connectivity index (χ0) is 17.6. The van der Waals surface area contributed by atoms with Gasteiger partial charge in [0.25, 0.3) is 0 Å². The number of nitrogens with one attached hydrogen (secondary N) is 1. The molecule has 1 aliphatic carbocycles. The van der Waals surface area contributed by atoms with Crippen LogP contribution in [-0.4, -0.2) is 85.0 Å². The minimum atomic E-state index is 0. The van der Waals surface area contributed by atoms with Gasteiger partial charge < -0.3 is 15.1 Å². The first-order valence-electron chi connectivity index (χ1n) is 10.3. The molecule has 2 heterocycles. The molecule has 0 bridgehead atoms. The highest BCUT2D eigenvalue weighted by molar-refractivity contribution is 14.0. The maximum absolute atomic E-state index is 12.3. The van der Waals surface area contributed by atoms with Gasteiger partial charge in [0.15, 0.2) is 5.96 Å². The van der Waals surface area contributed by atoms with Crippen molar-refractivity contribution in [3.8, 4) is 0 Å². The van der Waals surface area contributed by atoms with E-state index in [0.717, 1.165) is 57.7 Å². The molecule has 3 rings (SSSR count). The predicted molar refractivity (Wildman–Crippen MR) is 117 cm³/mol. The van der Waals surface area contributed by atoms with Crippen LogP contribution < -0.4 is 5.32 Å². The van der Waals surface area contributed by atoms with Crippen molar-refractivity contribution in [1.29, 1.82) is 0 Å². The minimum absolute atomic E-state index is 0. The molecule has 2 atom stereocenters. The zero-order valence-corrected chi connectivity index (χ0v) is 18.8. The van der Waals surface area contributed by atoms with E-state index in [1.54, 1.807) is 0 Å². The average molecular weight is 477 g/mol. The third-order valence-corrected chi connectivity index (χ3v) is 5.69. The highest BCUT2D eigenvalue weighted by Gasteiger charge is 2.37. The highest BCUT2D eigenvalue weighted by Crippen LogP contribution is 2.34. The van der Waals surface area contributed by atoms with Crippen LogP contribution >= 0.6 is 24.0 Å². The number of carbonyl (C=O) groups excluding carboxylic acids is 1. The lowest BCUT2D eigenvalue weighted by atomic mass is 10.2. The molecule has 0 aromatic heterocycles. The Morgan fingerprint density at radius 3 is 2.35 bits per heavy atom. The van der Waals surface area contributed by atoms with Crippen LogP contribution in [0.3, 0.4) is 0 Å². The van der Waals surface area contributed by atoms with Crippen LogP contribution in [-0.2, 0) is 4.79 Å². The molecule has 1 amide bonds. The summed E-state index contributed by atoms with van der Waals surface area (Å²) in [5.41, 5.74) is 0. The molecule has 150 valence electrons. The Kier molecular flexibility index (Phi) is 8.93. The Labute approximate surface area is 175 Å². The van der Waals surface area contributed by atoms with E-state index in [2.05, 4.69) is 29.0 Å². The maximum atomic E-state index is 12.3. The molecule has 7 heteroatoms. The average Bonchev–Trinajstić information content (AvgIpc) is 3.11. The van der Waals surface area contributed by atoms with Crippen LogP contribution in [0.15, 0.2) is 4.99 Å². The molecule has 0 spiro atoms. The van der Waals surface area contributed by atoms with Gasteiger partial charge in [-0.25, -0.2) is 0 Å². The Morgan fingerprint density at radius 1 is 1.04 bits per heavy atom. The summed E-state index contributed by atoms with van der Waals surface area (Å²) in [5, 5.41) is 3.68. The normalized spacial score (nSPS) is 26.6. The Morgan fingerprint density at radius 2 is 1.73 bits per heavy atom. The summed E-state index contributed by atoms with van der Waals surface area (Å²) in [6.45, 7) is 11.5. The van der Waals surface area contributed by atoms with E-state index in [1.165, 1.54) is 32.1 Å². The highest BCUT2D eigenvalue weighted by atomic mass is 127. The lowest BCUT2D eigenvalue weighted by molar-refractivity contribution is -0.131. The van der Waals surface area contributed by atoms with Crippen LogP contribution in [0.4, 0.5) is 0 Å². The summed E-state index contributed by atoms with van der Waals surface area (Å²) >= 11 is 0. The number of carbonyl (C=O) groups is 1. The topological polar surface area (TPSA) is 51.2 Å². The van der Waals surface area contributed by atoms with Crippen molar-refractivity contribution >= 4 is 35.8 Å². The first-order valence-corrected chi connectivity index (χ1v) is 10.3. The van der Waals surface area contributed by atoms with Gasteiger partial charge in [0.1, 0.15) is 0 Å². The van der Waals surface area contributed by atoms with E-state index < -0.39 is 0 Å². The van der Waals surface area contributed by atoms with Gasteiger partial charge in [-0.1, -0.05) is 13.3 Å². The van der Waals surface area contributed by atoms with Crippen LogP contribution in [0.5, 0.6) is 0 Å². The first-order chi connectivity index (χ1) is 12.2. The second kappa shape index (κ2) is 10.7. The van der Waals surface area contributed by atoms with Crippen molar-refractivity contribution in [3.63, 3.8) is 0 Å². The molecule has 0 aromatic rings. The molecule has 1 saturated carbocycles. The van der Waals surface area contributed by atoms with Crippen molar-refractivity contribution in [1.82, 2.24) is 20.0 Å². The van der Waals surface area contributed by atoms with Crippen molar-refractivity contribution in [3.05, 3.63) is 0 Å². The van der Waals surface area contributed by atoms with E-state index in [-0.39, 0.29) is 24.0 Å². The van der Waals surface area contributed by atoms with E-state index in [4.69, 9.17) is 4.99 Å². The van der Waals surface area contributed by atoms with Crippen LogP contribution in [0.25, 0.3) is 0 Å². The molecule has 0 aromatic carbocycles. The minimum Gasteiger partial charge on any atom is -0.353 e. The second-order valence-electron chi connectivity index (χ2n) is 7.68. The molecule has 0 radical (unpaired) electrons. The molecule has 3 fully saturated rings. The van der Waals surface area contributed by atoms with Gasteiger partial charge in [0, 0.05) is 51.9 Å². The number of piperazine rings is 1. The molecule has 2 unspecified atom stereocenters. The SMILES string of the molecule is CCCC1CC1NC(=NCC)N1CCN(CC(=O)N2CCCC2)CC1.I. The predicted octanol–water partition coefficient (Wildman–Crippen LogP) is 2.00. The number of rotatable bonds is 6. The third-order valence-electron chi connectivity index (χ3n) is 5.69. The van der Waals surface area contributed by atoms with Gasteiger partial charge in [-0.2, -0.15) is 0 Å². The van der Waals surface area contributed by atoms with Gasteiger partial charge in [0.05, 0.1) is 6.54 Å². The van der Waals surface area contributed by atoms with Gasteiger partial charge in [-0.3, -0.25) is 14.7 Å². The Bertz CT molecular complexity index is 473. The number of hydrogen-bond donors (Lipinski definition) is 1. The van der Waals surface area contributed by atoms with E-state index in [0.29, 0.717) is 18.5 Å². The molecule has 2 saturated heterocycles. The van der Waals surface area contributed by atoms with Crippen molar-refractivity contribution in [2.75, 3.05) is 52.4 Å². The number of amides is 1. The lowest BCUT2D eigenvalue weighted by Gasteiger charge is -2.36. The number of guanidine groups is 1. The molecule has 3 aliphatic rings. The summed E-state index contributed by atoms with van der Waals surface area (Å²) in [6.07, 6.45) is 6.22. The molecule has 6 nitrogen and oxygen atoms in total. The molecular formula is C19H36IN5O. The fourth-order valence-corrected chi connectivity index (χ4v) is 4.04. The van der Waals surface area contributed by atoms with Gasteiger partial charge >= 0.3 is 0 Å². The van der Waals surface area contributed by atoms with Crippen molar-refractivity contribution in [2.45, 2.75) is 52.0 Å². The molecule has 2 aliphatic heterocycles. The van der Waals surface area contributed by atoms with Crippen LogP contribution in [0.2, 0.25) is 0 Å². The summed E-state index contributed by atoms with van der Waals surface area (Å²) in [5.74, 6) is 2.23. The van der Waals surface area contributed by atoms with E-state index in [1.807, 2.05) is 4.90 Å². The standard InChI is InChI=1S/C19H35N5O.HI/c1-3-7-16-14-17(16)21-19(20-4-2)24-12-10-22(11-13-24)15-18(25)23-8-5-6-9-23;/h16-17H,3-15H2,1-2H3,(H,20,21);1H. The van der Waals surface area contributed by atoms with Crippen LogP contribution in [0.1, 0.15) is 46.0 Å². The fraction of sp³-hybridized carbons (Fsp3) is 0.895. The molecular weight excluding hydrogens is 441 g/mol. The van der Waals surface area contributed by atoms with Crippen LogP contribution in [0, 0.1) is 5.92 Å². The molecule has 26 heavy (non-hydrogen) atoms. The van der Waals surface area contributed by atoms with Gasteiger partial charge in [0.2, 0.25) is 5.91 Å². The number of likely N-dealkylation sites (tertiary alicyclic amines) is 1. The number of nitrogens with zero attached hydrogens (tertiary/aromatic N) is 4. The Balaban J connectivity index is 0.00000243. The number of hydrogen-bond acceptors (Lipinski definition) is 3. The van der Waals surface area contributed by atoms with Crippen molar-refractivity contribution in [2.24, 2.45) is 10.9 Å². The quantitative estimate of drug-likeness (QED) is 0.361. The van der Waals surface area contributed by atoms with E-state index >= 15 is 0 Å². The lowest BCUT2D eigenvalue weighted by Crippen LogP contribution is -2.54. The largest absolute Gasteiger partial charge is 0.353 e. The first kappa shape index (κ1) is 21.7. The summed E-state index contributed by atoms with van der Waals surface area (Å²) in [7, 11) is 0. The maximum Gasteiger partial charge on any atom is 0.236 e. The smallest absolute Gasteiger partial charge is 0.236 e. The Hall–Kier alpha value is -0.570. The summed E-state index contributed by atoms with van der Waals surface area (Å²) in [4.78, 5) is 23.7. The van der Waals surface area contributed by atoms with Crippen molar-refractivity contribution < 1.29 is 4.79 Å². The second-order valence-corrected chi connectivity index (χ2v) is 7.68. The summed E-state index contributed by atoms with van der Waals surface area (Å²) in [6, 6.07) is 0.625. The monoisotopic (exact) mass is 477 g/mol.